The number of rotatable bonds is 1. The molecule has 66 valence electrons. The van der Waals surface area contributed by atoms with Gasteiger partial charge in [-0.15, -0.1) is 0 Å². The highest BCUT2D eigenvalue weighted by molar-refractivity contribution is 5.95. The van der Waals surface area contributed by atoms with Crippen LogP contribution in [0.2, 0.25) is 0 Å². The van der Waals surface area contributed by atoms with Crippen molar-refractivity contribution in [3.05, 3.63) is 42.0 Å². The summed E-state index contributed by atoms with van der Waals surface area (Å²) >= 11 is 0. The molecule has 0 fully saturated rings. The minimum Gasteiger partial charge on any atom is -0.324 e. The van der Waals surface area contributed by atoms with Gasteiger partial charge in [0.25, 0.3) is 0 Å². The molecule has 2 rings (SSSR count). The number of anilines is 1. The van der Waals surface area contributed by atoms with E-state index in [2.05, 4.69) is 30.5 Å². The molecule has 0 aliphatic carbocycles. The van der Waals surface area contributed by atoms with Crippen LogP contribution in [0.5, 0.6) is 0 Å². The van der Waals surface area contributed by atoms with Gasteiger partial charge in [0, 0.05) is 5.39 Å². The lowest BCUT2D eigenvalue weighted by Gasteiger charge is -2.07. The molecule has 0 radical (unpaired) electrons. The molecule has 13 heavy (non-hydrogen) atoms. The van der Waals surface area contributed by atoms with Gasteiger partial charge in [-0.2, -0.15) is 0 Å². The van der Waals surface area contributed by atoms with Gasteiger partial charge in [0.2, 0.25) is 0 Å². The van der Waals surface area contributed by atoms with Crippen molar-refractivity contribution in [1.29, 1.82) is 0 Å². The van der Waals surface area contributed by atoms with E-state index < -0.39 is 0 Å². The fraction of sp³-hybridized carbons (Fsp3) is 0.0909. The molecular weight excluding hydrogens is 160 g/mol. The zero-order valence-electron chi connectivity index (χ0n) is 7.54. The molecule has 2 aromatic rings. The van der Waals surface area contributed by atoms with Crippen LogP contribution in [0.25, 0.3) is 10.8 Å². The average Bonchev–Trinajstić information content (AvgIpc) is 2.19. The van der Waals surface area contributed by atoms with Gasteiger partial charge in [0.1, 0.15) is 0 Å². The molecule has 0 amide bonds. The molecule has 0 saturated carbocycles. The topological polar surface area (TPSA) is 38.0 Å². The minimum absolute atomic E-state index is 0.973. The van der Waals surface area contributed by atoms with Crippen LogP contribution in [0.3, 0.4) is 0 Å². The maximum Gasteiger partial charge on any atom is 0.0563 e. The largest absolute Gasteiger partial charge is 0.324 e. The Morgan fingerprint density at radius 3 is 2.38 bits per heavy atom. The molecule has 0 unspecified atom stereocenters. The fourth-order valence-electron chi connectivity index (χ4n) is 1.58. The summed E-state index contributed by atoms with van der Waals surface area (Å²) in [6, 6.07) is 12.3. The Hall–Kier alpha value is -1.54. The third-order valence-corrected chi connectivity index (χ3v) is 2.30. The molecule has 2 nitrogen and oxygen atoms in total. The van der Waals surface area contributed by atoms with Gasteiger partial charge in [-0.1, -0.05) is 30.3 Å². The van der Waals surface area contributed by atoms with E-state index in [0.717, 1.165) is 5.69 Å². The second-order valence-corrected chi connectivity index (χ2v) is 3.12. The van der Waals surface area contributed by atoms with Crippen molar-refractivity contribution in [2.45, 2.75) is 6.92 Å². The first kappa shape index (κ1) is 8.08. The van der Waals surface area contributed by atoms with Crippen molar-refractivity contribution in [2.24, 2.45) is 5.84 Å². The molecule has 0 saturated heterocycles. The maximum absolute atomic E-state index is 5.42. The van der Waals surface area contributed by atoms with Gasteiger partial charge in [0.05, 0.1) is 5.69 Å². The lowest BCUT2D eigenvalue weighted by atomic mass is 10.0. The predicted molar refractivity (Wildman–Crippen MR) is 56.5 cm³/mol. The number of nitrogens with two attached hydrogens (primary N) is 1. The van der Waals surface area contributed by atoms with Crippen molar-refractivity contribution in [3.8, 4) is 0 Å². The van der Waals surface area contributed by atoms with Crippen molar-refractivity contribution in [3.63, 3.8) is 0 Å². The Balaban J connectivity index is 2.84. The number of hydrazine groups is 1. The Morgan fingerprint density at radius 1 is 1.00 bits per heavy atom. The summed E-state index contributed by atoms with van der Waals surface area (Å²) in [6.45, 7) is 2.10. The van der Waals surface area contributed by atoms with E-state index in [1.165, 1.54) is 16.3 Å². The SMILES string of the molecule is Cc1ccc(NN)c2ccccc12. The fourth-order valence-corrected chi connectivity index (χ4v) is 1.58. The van der Waals surface area contributed by atoms with Gasteiger partial charge < -0.3 is 5.43 Å². The van der Waals surface area contributed by atoms with E-state index in [1.807, 2.05) is 18.2 Å². The summed E-state index contributed by atoms with van der Waals surface area (Å²) in [4.78, 5) is 0. The van der Waals surface area contributed by atoms with E-state index in [9.17, 15) is 0 Å². The Bertz CT molecular complexity index is 435. The standard InChI is InChI=1S/C11H12N2/c1-8-6-7-11(13-12)10-5-3-2-4-9(8)10/h2-7,13H,12H2,1H3. The summed E-state index contributed by atoms with van der Waals surface area (Å²) < 4.78 is 0. The quantitative estimate of drug-likeness (QED) is 0.512. The molecule has 3 N–H and O–H groups in total. The second kappa shape index (κ2) is 3.07. The lowest BCUT2D eigenvalue weighted by molar-refractivity contribution is 1.36. The highest BCUT2D eigenvalue weighted by Gasteiger charge is 2.00. The summed E-state index contributed by atoms with van der Waals surface area (Å²) in [5, 5.41) is 2.42. The van der Waals surface area contributed by atoms with Crippen LogP contribution >= 0.6 is 0 Å². The van der Waals surface area contributed by atoms with Crippen LogP contribution in [-0.4, -0.2) is 0 Å². The first-order chi connectivity index (χ1) is 6.33. The number of benzene rings is 2. The van der Waals surface area contributed by atoms with Crippen molar-refractivity contribution in [2.75, 3.05) is 5.43 Å². The number of hydrogen-bond donors (Lipinski definition) is 2. The van der Waals surface area contributed by atoms with E-state index in [-0.39, 0.29) is 0 Å². The molecule has 0 spiro atoms. The molecule has 0 aromatic heterocycles. The molecule has 0 aliphatic heterocycles. The zero-order chi connectivity index (χ0) is 9.26. The van der Waals surface area contributed by atoms with Crippen LogP contribution in [0.1, 0.15) is 5.56 Å². The minimum atomic E-state index is 0.973. The van der Waals surface area contributed by atoms with Crippen LogP contribution in [0.4, 0.5) is 5.69 Å². The molecule has 0 heterocycles. The number of nitrogens with one attached hydrogen (secondary N) is 1. The highest BCUT2D eigenvalue weighted by atomic mass is 15.2. The molecule has 2 aromatic carbocycles. The van der Waals surface area contributed by atoms with Crippen LogP contribution in [0, 0.1) is 6.92 Å². The number of hydrogen-bond acceptors (Lipinski definition) is 2. The second-order valence-electron chi connectivity index (χ2n) is 3.12. The maximum atomic E-state index is 5.42. The number of aryl methyl sites for hydroxylation is 1. The van der Waals surface area contributed by atoms with Gasteiger partial charge in [0.15, 0.2) is 0 Å². The normalized spacial score (nSPS) is 10.3. The van der Waals surface area contributed by atoms with Crippen LogP contribution in [0.15, 0.2) is 36.4 Å². The van der Waals surface area contributed by atoms with Crippen molar-refractivity contribution in [1.82, 2.24) is 0 Å². The third kappa shape index (κ3) is 1.25. The molecule has 2 heteroatoms. The zero-order valence-corrected chi connectivity index (χ0v) is 7.54. The lowest BCUT2D eigenvalue weighted by Crippen LogP contribution is -2.07. The van der Waals surface area contributed by atoms with Crippen LogP contribution in [-0.2, 0) is 0 Å². The van der Waals surface area contributed by atoms with Crippen LogP contribution < -0.4 is 11.3 Å². The number of nitrogen functional groups attached to an aromatic ring is 1. The monoisotopic (exact) mass is 172 g/mol. The first-order valence-electron chi connectivity index (χ1n) is 4.28. The third-order valence-electron chi connectivity index (χ3n) is 2.30. The highest BCUT2D eigenvalue weighted by Crippen LogP contribution is 2.25. The van der Waals surface area contributed by atoms with E-state index in [4.69, 9.17) is 5.84 Å². The van der Waals surface area contributed by atoms with Gasteiger partial charge in [-0.25, -0.2) is 0 Å². The smallest absolute Gasteiger partial charge is 0.0563 e. The number of fused-ring (bicyclic) bond motifs is 1. The summed E-state index contributed by atoms with van der Waals surface area (Å²) in [5.41, 5.74) is 4.94. The van der Waals surface area contributed by atoms with Crippen molar-refractivity contribution >= 4 is 16.5 Å². The Kier molecular flexibility index (Phi) is 1.91. The Labute approximate surface area is 77.3 Å². The molecule has 0 aliphatic rings. The Morgan fingerprint density at radius 2 is 1.69 bits per heavy atom. The summed E-state index contributed by atoms with van der Waals surface area (Å²) in [7, 11) is 0. The van der Waals surface area contributed by atoms with E-state index in [0.29, 0.717) is 0 Å². The van der Waals surface area contributed by atoms with E-state index in [1.54, 1.807) is 0 Å². The molecular formula is C11H12N2. The van der Waals surface area contributed by atoms with Gasteiger partial charge in [-0.05, 0) is 23.9 Å². The summed E-state index contributed by atoms with van der Waals surface area (Å²) in [6.07, 6.45) is 0. The molecule has 0 bridgehead atoms. The molecule has 0 atom stereocenters. The average molecular weight is 172 g/mol. The van der Waals surface area contributed by atoms with Gasteiger partial charge in [-0.3, -0.25) is 5.84 Å². The summed E-state index contributed by atoms with van der Waals surface area (Å²) in [5.74, 6) is 5.42. The van der Waals surface area contributed by atoms with Gasteiger partial charge >= 0.3 is 0 Å². The van der Waals surface area contributed by atoms with Crippen molar-refractivity contribution < 1.29 is 0 Å². The first-order valence-corrected chi connectivity index (χ1v) is 4.28. The predicted octanol–water partition coefficient (Wildman–Crippen LogP) is 2.43. The van der Waals surface area contributed by atoms with E-state index >= 15 is 0 Å².